The molecule has 0 saturated heterocycles. The maximum absolute atomic E-state index is 12.0. The van der Waals surface area contributed by atoms with Crippen molar-refractivity contribution in [2.45, 2.75) is 31.8 Å². The van der Waals surface area contributed by atoms with Crippen LogP contribution < -0.4 is 10.9 Å². The minimum atomic E-state index is -1.07. The number of hydrogen-bond donors (Lipinski definition) is 2. The van der Waals surface area contributed by atoms with E-state index >= 15 is 0 Å². The summed E-state index contributed by atoms with van der Waals surface area (Å²) >= 11 is 6.05. The van der Waals surface area contributed by atoms with Gasteiger partial charge in [0.1, 0.15) is 0 Å². The number of nitrogens with one attached hydrogen (secondary N) is 1. The second-order valence-electron chi connectivity index (χ2n) is 7.41. The molecule has 7 nitrogen and oxygen atoms in total. The minimum absolute atomic E-state index is 0.0193. The Hall–Kier alpha value is -3.06. The first-order chi connectivity index (χ1) is 13.8. The molecule has 1 aliphatic carbocycles. The van der Waals surface area contributed by atoms with Crippen molar-refractivity contribution >= 4 is 23.3 Å². The molecule has 0 spiro atoms. The van der Waals surface area contributed by atoms with Crippen LogP contribution in [0, 0.1) is 6.92 Å². The first kappa shape index (κ1) is 19.3. The topological polar surface area (TPSA) is 89.2 Å². The molecular formula is C21H21ClN4O3. The average Bonchev–Trinajstić information content (AvgIpc) is 3.43. The third-order valence-corrected chi connectivity index (χ3v) is 5.32. The standard InChI is InChI=1S/C21H21ClN4O3/c1-12-9-15(10-25(2)20(12)27)23-18(13-3-5-14(22)6-4-13)17-11-26(16-7-8-16)24-19(17)21(28)29/h3-6,9-11,16,18,23H,7-8H2,1-2H3,(H,28,29). The molecule has 2 N–H and O–H groups in total. The van der Waals surface area contributed by atoms with E-state index in [0.29, 0.717) is 21.8 Å². The van der Waals surface area contributed by atoms with Crippen LogP contribution in [0.5, 0.6) is 0 Å². The smallest absolute Gasteiger partial charge is 0.356 e. The van der Waals surface area contributed by atoms with Crippen molar-refractivity contribution in [2.24, 2.45) is 7.05 Å². The summed E-state index contributed by atoms with van der Waals surface area (Å²) in [5.41, 5.74) is 2.66. The second kappa shape index (κ2) is 7.40. The van der Waals surface area contributed by atoms with E-state index in [2.05, 4.69) is 10.4 Å². The average molecular weight is 413 g/mol. The Morgan fingerprint density at radius 3 is 2.55 bits per heavy atom. The van der Waals surface area contributed by atoms with E-state index in [4.69, 9.17) is 11.6 Å². The fourth-order valence-corrected chi connectivity index (χ4v) is 3.55. The fourth-order valence-electron chi connectivity index (χ4n) is 3.43. The summed E-state index contributed by atoms with van der Waals surface area (Å²) < 4.78 is 3.25. The summed E-state index contributed by atoms with van der Waals surface area (Å²) in [6.45, 7) is 1.75. The van der Waals surface area contributed by atoms with Gasteiger partial charge in [0.05, 0.1) is 17.8 Å². The molecule has 1 saturated carbocycles. The van der Waals surface area contributed by atoms with E-state index < -0.39 is 12.0 Å². The number of pyridine rings is 1. The summed E-state index contributed by atoms with van der Waals surface area (Å²) in [6.07, 6.45) is 5.50. The summed E-state index contributed by atoms with van der Waals surface area (Å²) in [4.78, 5) is 23.9. The highest BCUT2D eigenvalue weighted by Crippen LogP contribution is 2.37. The molecule has 4 rings (SSSR count). The van der Waals surface area contributed by atoms with E-state index in [-0.39, 0.29) is 17.3 Å². The Morgan fingerprint density at radius 2 is 1.97 bits per heavy atom. The number of carbonyl (C=O) groups is 1. The highest BCUT2D eigenvalue weighted by molar-refractivity contribution is 6.30. The van der Waals surface area contributed by atoms with Gasteiger partial charge in [-0.15, -0.1) is 0 Å². The number of rotatable bonds is 6. The number of aromatic nitrogens is 3. The molecule has 1 fully saturated rings. The van der Waals surface area contributed by atoms with E-state index in [1.54, 1.807) is 43.0 Å². The van der Waals surface area contributed by atoms with Crippen LogP contribution in [0.2, 0.25) is 5.02 Å². The summed E-state index contributed by atoms with van der Waals surface area (Å²) in [5.74, 6) is -1.07. The number of carboxylic acid groups (broad SMARTS) is 1. The summed E-state index contributed by atoms with van der Waals surface area (Å²) in [6, 6.07) is 8.79. The first-order valence-electron chi connectivity index (χ1n) is 9.35. The zero-order valence-electron chi connectivity index (χ0n) is 16.1. The number of nitrogens with zero attached hydrogens (tertiary/aromatic N) is 3. The maximum atomic E-state index is 12.0. The van der Waals surface area contributed by atoms with E-state index in [9.17, 15) is 14.7 Å². The lowest BCUT2D eigenvalue weighted by Gasteiger charge is -2.21. The zero-order valence-corrected chi connectivity index (χ0v) is 16.8. The predicted octanol–water partition coefficient (Wildman–Crippen LogP) is 3.78. The van der Waals surface area contributed by atoms with Gasteiger partial charge in [-0.25, -0.2) is 4.79 Å². The summed E-state index contributed by atoms with van der Waals surface area (Å²) in [7, 11) is 1.69. The van der Waals surface area contributed by atoms with E-state index in [1.165, 1.54) is 4.57 Å². The van der Waals surface area contributed by atoms with Crippen LogP contribution >= 0.6 is 11.6 Å². The van der Waals surface area contributed by atoms with Crippen LogP contribution in [0.25, 0.3) is 0 Å². The molecule has 3 aromatic rings. The Kier molecular flexibility index (Phi) is 4.92. The molecule has 1 aromatic carbocycles. The van der Waals surface area contributed by atoms with Gasteiger partial charge in [0.25, 0.3) is 5.56 Å². The molecule has 8 heteroatoms. The monoisotopic (exact) mass is 412 g/mol. The first-order valence-corrected chi connectivity index (χ1v) is 9.73. The number of aryl methyl sites for hydroxylation is 2. The Labute approximate surface area is 172 Å². The fraction of sp³-hybridized carbons (Fsp3) is 0.286. The highest BCUT2D eigenvalue weighted by Gasteiger charge is 2.30. The van der Waals surface area contributed by atoms with Crippen molar-refractivity contribution < 1.29 is 9.90 Å². The quantitative estimate of drug-likeness (QED) is 0.643. The summed E-state index contributed by atoms with van der Waals surface area (Å²) in [5, 5.41) is 18.0. The van der Waals surface area contributed by atoms with Crippen molar-refractivity contribution in [1.29, 1.82) is 0 Å². The van der Waals surface area contributed by atoms with Crippen LogP contribution in [-0.2, 0) is 7.05 Å². The number of halogens is 1. The van der Waals surface area contributed by atoms with Gasteiger partial charge >= 0.3 is 5.97 Å². The minimum Gasteiger partial charge on any atom is -0.476 e. The molecule has 0 amide bonds. The molecule has 1 atom stereocenters. The zero-order chi connectivity index (χ0) is 20.7. The lowest BCUT2D eigenvalue weighted by Crippen LogP contribution is -2.21. The van der Waals surface area contributed by atoms with Gasteiger partial charge in [0.2, 0.25) is 0 Å². The van der Waals surface area contributed by atoms with Crippen molar-refractivity contribution in [3.8, 4) is 0 Å². The van der Waals surface area contributed by atoms with Crippen LogP contribution in [0.3, 0.4) is 0 Å². The number of hydrogen-bond acceptors (Lipinski definition) is 4. The molecule has 29 heavy (non-hydrogen) atoms. The number of benzene rings is 1. The van der Waals surface area contributed by atoms with Crippen molar-refractivity contribution in [3.05, 3.63) is 80.5 Å². The molecule has 1 aliphatic rings. The Morgan fingerprint density at radius 1 is 1.28 bits per heavy atom. The third-order valence-electron chi connectivity index (χ3n) is 5.07. The molecular weight excluding hydrogens is 392 g/mol. The van der Waals surface area contributed by atoms with Gasteiger partial charge in [-0.1, -0.05) is 23.7 Å². The lowest BCUT2D eigenvalue weighted by molar-refractivity contribution is 0.0688. The molecule has 0 radical (unpaired) electrons. The molecule has 2 heterocycles. The molecule has 1 unspecified atom stereocenters. The molecule has 150 valence electrons. The van der Waals surface area contributed by atoms with Gasteiger partial charge in [0, 0.05) is 35.6 Å². The van der Waals surface area contributed by atoms with Crippen LogP contribution in [0.4, 0.5) is 5.69 Å². The van der Waals surface area contributed by atoms with Gasteiger partial charge in [-0.2, -0.15) is 5.10 Å². The Balaban J connectivity index is 1.82. The molecule has 0 aliphatic heterocycles. The predicted molar refractivity (Wildman–Crippen MR) is 111 cm³/mol. The van der Waals surface area contributed by atoms with Gasteiger partial charge < -0.3 is 15.0 Å². The molecule has 2 aromatic heterocycles. The third kappa shape index (κ3) is 3.91. The highest BCUT2D eigenvalue weighted by atomic mass is 35.5. The largest absolute Gasteiger partial charge is 0.476 e. The van der Waals surface area contributed by atoms with E-state index in [0.717, 1.165) is 18.4 Å². The van der Waals surface area contributed by atoms with Crippen LogP contribution in [0.15, 0.2) is 47.5 Å². The number of carboxylic acids is 1. The van der Waals surface area contributed by atoms with Crippen molar-refractivity contribution in [1.82, 2.24) is 14.3 Å². The molecule has 0 bridgehead atoms. The van der Waals surface area contributed by atoms with Gasteiger partial charge in [0.15, 0.2) is 5.69 Å². The maximum Gasteiger partial charge on any atom is 0.356 e. The second-order valence-corrected chi connectivity index (χ2v) is 7.84. The number of aromatic carboxylic acids is 1. The van der Waals surface area contributed by atoms with Gasteiger partial charge in [-0.3, -0.25) is 9.48 Å². The number of anilines is 1. The lowest BCUT2D eigenvalue weighted by atomic mass is 9.98. The SMILES string of the molecule is Cc1cc(NC(c2ccc(Cl)cc2)c2cn(C3CC3)nc2C(=O)O)cn(C)c1=O. The van der Waals surface area contributed by atoms with Crippen LogP contribution in [0.1, 0.15) is 52.1 Å². The van der Waals surface area contributed by atoms with Crippen molar-refractivity contribution in [3.63, 3.8) is 0 Å². The van der Waals surface area contributed by atoms with Crippen molar-refractivity contribution in [2.75, 3.05) is 5.32 Å². The van der Waals surface area contributed by atoms with E-state index in [1.807, 2.05) is 18.3 Å². The van der Waals surface area contributed by atoms with Crippen LogP contribution in [-0.4, -0.2) is 25.4 Å². The normalized spacial score (nSPS) is 14.6. The Bertz CT molecular complexity index is 1100. The van der Waals surface area contributed by atoms with Gasteiger partial charge in [-0.05, 0) is 43.5 Å².